The fourth-order valence-corrected chi connectivity index (χ4v) is 3.94. The van der Waals surface area contributed by atoms with E-state index in [1.807, 2.05) is 11.6 Å². The van der Waals surface area contributed by atoms with E-state index in [2.05, 4.69) is 45.7 Å². The molecule has 27 heavy (non-hydrogen) atoms. The summed E-state index contributed by atoms with van der Waals surface area (Å²) in [5.41, 5.74) is 2.27. The predicted molar refractivity (Wildman–Crippen MR) is 114 cm³/mol. The first-order valence-electron chi connectivity index (χ1n) is 8.91. The molecule has 0 bridgehead atoms. The average molecular weight is 409 g/mol. The molecule has 1 heterocycles. The summed E-state index contributed by atoms with van der Waals surface area (Å²) in [5, 5.41) is 8.71. The van der Waals surface area contributed by atoms with Gasteiger partial charge in [-0.25, -0.2) is 4.98 Å². The van der Waals surface area contributed by atoms with Gasteiger partial charge in [-0.3, -0.25) is 4.99 Å². The van der Waals surface area contributed by atoms with Gasteiger partial charge in [0.15, 0.2) is 5.96 Å². The van der Waals surface area contributed by atoms with Crippen LogP contribution in [0.15, 0.2) is 39.1 Å². The number of hydrogen-bond donors (Lipinski definition) is 2. The largest absolute Gasteiger partial charge is 0.491 e. The molecule has 2 aromatic rings. The molecule has 6 nitrogen and oxygen atoms in total. The highest BCUT2D eigenvalue weighted by Crippen LogP contribution is 2.21. The maximum Gasteiger partial charge on any atom is 0.191 e. The average Bonchev–Trinajstić information content (AvgIpc) is 3.19. The number of thioether (sulfide) groups is 1. The minimum Gasteiger partial charge on any atom is -0.491 e. The monoisotopic (exact) mass is 408 g/mol. The van der Waals surface area contributed by atoms with Gasteiger partial charge in [-0.2, -0.15) is 0 Å². The SMILES string of the molecule is CN=C(NCCCSc1nccs1)NCc1ccc(C)cc1OCCOC. The zero-order chi connectivity index (χ0) is 19.3. The Kier molecular flexibility index (Phi) is 10.0. The van der Waals surface area contributed by atoms with Gasteiger partial charge in [0.25, 0.3) is 0 Å². The van der Waals surface area contributed by atoms with Crippen LogP contribution in [-0.2, 0) is 11.3 Å². The Balaban J connectivity index is 1.74. The lowest BCUT2D eigenvalue weighted by atomic mass is 10.1. The van der Waals surface area contributed by atoms with E-state index in [1.165, 1.54) is 5.56 Å². The topological polar surface area (TPSA) is 67.8 Å². The van der Waals surface area contributed by atoms with Crippen LogP contribution >= 0.6 is 23.1 Å². The number of rotatable bonds is 11. The number of nitrogens with one attached hydrogen (secondary N) is 2. The summed E-state index contributed by atoms with van der Waals surface area (Å²) < 4.78 is 12.0. The Bertz CT molecular complexity index is 693. The molecule has 0 aliphatic rings. The highest BCUT2D eigenvalue weighted by atomic mass is 32.2. The zero-order valence-electron chi connectivity index (χ0n) is 16.2. The van der Waals surface area contributed by atoms with Crippen LogP contribution in [0.25, 0.3) is 0 Å². The van der Waals surface area contributed by atoms with Crippen molar-refractivity contribution in [3.8, 4) is 5.75 Å². The third-order valence-corrected chi connectivity index (χ3v) is 5.74. The summed E-state index contributed by atoms with van der Waals surface area (Å²) in [5.74, 6) is 2.71. The van der Waals surface area contributed by atoms with Crippen molar-refractivity contribution in [1.29, 1.82) is 0 Å². The first-order valence-corrected chi connectivity index (χ1v) is 10.8. The van der Waals surface area contributed by atoms with Gasteiger partial charge >= 0.3 is 0 Å². The van der Waals surface area contributed by atoms with Gasteiger partial charge < -0.3 is 20.1 Å². The van der Waals surface area contributed by atoms with E-state index >= 15 is 0 Å². The lowest BCUT2D eigenvalue weighted by Gasteiger charge is -2.15. The highest BCUT2D eigenvalue weighted by Gasteiger charge is 2.06. The van der Waals surface area contributed by atoms with Crippen molar-refractivity contribution in [3.63, 3.8) is 0 Å². The number of guanidine groups is 1. The van der Waals surface area contributed by atoms with E-state index in [0.717, 1.165) is 40.3 Å². The molecule has 0 amide bonds. The van der Waals surface area contributed by atoms with E-state index in [1.54, 1.807) is 37.3 Å². The number of benzene rings is 1. The standard InChI is InChI=1S/C19H28N4O2S2/c1-15-5-6-16(17(13-15)25-10-9-24-3)14-23-18(20-2)21-7-4-11-26-19-22-8-12-27-19/h5-6,8,12-13H,4,7,9-11,14H2,1-3H3,(H2,20,21,23). The summed E-state index contributed by atoms with van der Waals surface area (Å²) >= 11 is 3.47. The van der Waals surface area contributed by atoms with Gasteiger partial charge in [0.2, 0.25) is 0 Å². The van der Waals surface area contributed by atoms with Crippen molar-refractivity contribution in [2.45, 2.75) is 24.2 Å². The molecule has 0 atom stereocenters. The second-order valence-corrected chi connectivity index (χ2v) is 8.04. The van der Waals surface area contributed by atoms with E-state index in [4.69, 9.17) is 9.47 Å². The molecule has 0 saturated carbocycles. The van der Waals surface area contributed by atoms with Gasteiger partial charge in [-0.1, -0.05) is 23.9 Å². The molecule has 0 aliphatic carbocycles. The Morgan fingerprint density at radius 3 is 2.93 bits per heavy atom. The molecule has 8 heteroatoms. The minimum atomic E-state index is 0.538. The van der Waals surface area contributed by atoms with Crippen molar-refractivity contribution >= 4 is 29.1 Å². The Labute approximate surface area is 169 Å². The molecule has 1 aromatic carbocycles. The zero-order valence-corrected chi connectivity index (χ0v) is 17.8. The lowest BCUT2D eigenvalue weighted by molar-refractivity contribution is 0.145. The van der Waals surface area contributed by atoms with Crippen LogP contribution in [0.4, 0.5) is 0 Å². The molecule has 0 aliphatic heterocycles. The number of aromatic nitrogens is 1. The van der Waals surface area contributed by atoms with Crippen LogP contribution in [0.5, 0.6) is 5.75 Å². The van der Waals surface area contributed by atoms with Crippen molar-refractivity contribution in [1.82, 2.24) is 15.6 Å². The number of aliphatic imine (C=N–C) groups is 1. The maximum absolute atomic E-state index is 5.84. The summed E-state index contributed by atoms with van der Waals surface area (Å²) in [6.45, 7) is 4.68. The van der Waals surface area contributed by atoms with E-state index in [9.17, 15) is 0 Å². The summed E-state index contributed by atoms with van der Waals surface area (Å²) in [6, 6.07) is 6.23. The molecule has 0 fully saturated rings. The van der Waals surface area contributed by atoms with Crippen LogP contribution < -0.4 is 15.4 Å². The number of methoxy groups -OCH3 is 1. The van der Waals surface area contributed by atoms with Crippen molar-refractivity contribution in [2.75, 3.05) is 39.7 Å². The highest BCUT2D eigenvalue weighted by molar-refractivity contribution is 8.00. The van der Waals surface area contributed by atoms with E-state index in [0.29, 0.717) is 19.8 Å². The van der Waals surface area contributed by atoms with E-state index in [-0.39, 0.29) is 0 Å². The normalized spacial score (nSPS) is 11.4. The molecular formula is C19H28N4O2S2. The first-order chi connectivity index (χ1) is 13.2. The van der Waals surface area contributed by atoms with Gasteiger partial charge in [0.1, 0.15) is 16.7 Å². The minimum absolute atomic E-state index is 0.538. The molecule has 2 rings (SSSR count). The lowest BCUT2D eigenvalue weighted by Crippen LogP contribution is -2.37. The van der Waals surface area contributed by atoms with Crippen LogP contribution in [0, 0.1) is 6.92 Å². The fraction of sp³-hybridized carbons (Fsp3) is 0.474. The van der Waals surface area contributed by atoms with Gasteiger partial charge in [-0.05, 0) is 25.0 Å². The first kappa shape index (κ1) is 21.5. The van der Waals surface area contributed by atoms with E-state index < -0.39 is 0 Å². The number of nitrogens with zero attached hydrogens (tertiary/aromatic N) is 2. The summed E-state index contributed by atoms with van der Waals surface area (Å²) in [6.07, 6.45) is 2.89. The molecule has 2 N–H and O–H groups in total. The van der Waals surface area contributed by atoms with Crippen LogP contribution in [0.1, 0.15) is 17.5 Å². The number of ether oxygens (including phenoxy) is 2. The third-order valence-electron chi connectivity index (χ3n) is 3.69. The Morgan fingerprint density at radius 1 is 1.30 bits per heavy atom. The van der Waals surface area contributed by atoms with Crippen LogP contribution in [-0.4, -0.2) is 50.6 Å². The third kappa shape index (κ3) is 8.19. The van der Waals surface area contributed by atoms with Crippen molar-refractivity contribution in [2.24, 2.45) is 4.99 Å². The molecule has 0 radical (unpaired) electrons. The summed E-state index contributed by atoms with van der Waals surface area (Å²) in [4.78, 5) is 8.56. The van der Waals surface area contributed by atoms with Gasteiger partial charge in [0.05, 0.1) is 6.61 Å². The molecule has 0 saturated heterocycles. The van der Waals surface area contributed by atoms with Gasteiger partial charge in [-0.15, -0.1) is 11.3 Å². The second kappa shape index (κ2) is 12.6. The number of aryl methyl sites for hydroxylation is 1. The van der Waals surface area contributed by atoms with Gasteiger partial charge in [0, 0.05) is 50.1 Å². The second-order valence-electron chi connectivity index (χ2n) is 5.81. The molecular weight excluding hydrogens is 380 g/mol. The maximum atomic E-state index is 5.84. The quantitative estimate of drug-likeness (QED) is 0.257. The van der Waals surface area contributed by atoms with Crippen LogP contribution in [0.3, 0.4) is 0 Å². The molecule has 1 aromatic heterocycles. The summed E-state index contributed by atoms with van der Waals surface area (Å²) in [7, 11) is 3.46. The van der Waals surface area contributed by atoms with Crippen molar-refractivity contribution < 1.29 is 9.47 Å². The molecule has 148 valence electrons. The number of hydrogen-bond acceptors (Lipinski definition) is 6. The predicted octanol–water partition coefficient (Wildman–Crippen LogP) is 3.32. The molecule has 0 spiro atoms. The van der Waals surface area contributed by atoms with Crippen LogP contribution in [0.2, 0.25) is 0 Å². The van der Waals surface area contributed by atoms with Crippen molar-refractivity contribution in [3.05, 3.63) is 40.9 Å². The Morgan fingerprint density at radius 2 is 2.19 bits per heavy atom. The smallest absolute Gasteiger partial charge is 0.191 e. The molecule has 0 unspecified atom stereocenters. The Hall–Kier alpha value is -1.77. The fourth-order valence-electron chi connectivity index (χ4n) is 2.30. The number of thiazole rings is 1.